The number of aliphatic hydroxyl groups excluding tert-OH is 1. The summed E-state index contributed by atoms with van der Waals surface area (Å²) in [5.41, 5.74) is 3.14. The van der Waals surface area contributed by atoms with Crippen molar-refractivity contribution in [1.82, 2.24) is 0 Å². The van der Waals surface area contributed by atoms with Crippen LogP contribution in [-0.4, -0.2) is 12.2 Å². The highest BCUT2D eigenvalue weighted by Crippen LogP contribution is 2.32. The summed E-state index contributed by atoms with van der Waals surface area (Å²) >= 11 is 0. The van der Waals surface area contributed by atoms with Gasteiger partial charge in [0.15, 0.2) is 11.6 Å². The van der Waals surface area contributed by atoms with Crippen molar-refractivity contribution in [2.75, 3.05) is 7.11 Å². The molecule has 0 saturated carbocycles. The third-order valence-electron chi connectivity index (χ3n) is 3.46. The van der Waals surface area contributed by atoms with Gasteiger partial charge in [0.1, 0.15) is 5.75 Å². The number of halogens is 2. The molecule has 0 bridgehead atoms. The zero-order valence-electron chi connectivity index (χ0n) is 12.3. The smallest absolute Gasteiger partial charge is 0.159 e. The predicted octanol–water partition coefficient (Wildman–Crippen LogP) is 3.87. The standard InChI is InChI=1S/C17H18F2O2/c1-10-6-11(2)17(16(7-10)21-3)15(20)9-12-4-5-13(18)14(19)8-12/h4-8,15,20H,9H2,1-3H3. The number of rotatable bonds is 4. The summed E-state index contributed by atoms with van der Waals surface area (Å²) < 4.78 is 31.5. The van der Waals surface area contributed by atoms with E-state index in [-0.39, 0.29) is 6.42 Å². The first-order valence-electron chi connectivity index (χ1n) is 6.69. The minimum Gasteiger partial charge on any atom is -0.496 e. The number of ether oxygens (including phenoxy) is 1. The Morgan fingerprint density at radius 3 is 2.43 bits per heavy atom. The van der Waals surface area contributed by atoms with E-state index in [1.807, 2.05) is 26.0 Å². The van der Waals surface area contributed by atoms with Gasteiger partial charge in [-0.2, -0.15) is 0 Å². The second-order valence-corrected chi connectivity index (χ2v) is 5.17. The van der Waals surface area contributed by atoms with Crippen LogP contribution in [0.4, 0.5) is 8.78 Å². The highest BCUT2D eigenvalue weighted by Gasteiger charge is 2.18. The molecule has 1 atom stereocenters. The SMILES string of the molecule is COc1cc(C)cc(C)c1C(O)Cc1ccc(F)c(F)c1. The Kier molecular flexibility index (Phi) is 4.58. The Morgan fingerprint density at radius 2 is 1.81 bits per heavy atom. The van der Waals surface area contributed by atoms with Crippen LogP contribution in [-0.2, 0) is 6.42 Å². The summed E-state index contributed by atoms with van der Waals surface area (Å²) in [5.74, 6) is -1.20. The molecule has 4 heteroatoms. The van der Waals surface area contributed by atoms with Crippen molar-refractivity contribution in [2.24, 2.45) is 0 Å². The first-order valence-corrected chi connectivity index (χ1v) is 6.69. The fourth-order valence-electron chi connectivity index (χ4n) is 2.53. The van der Waals surface area contributed by atoms with Gasteiger partial charge in [0, 0.05) is 12.0 Å². The second kappa shape index (κ2) is 6.22. The summed E-state index contributed by atoms with van der Waals surface area (Å²) in [4.78, 5) is 0. The van der Waals surface area contributed by atoms with Gasteiger partial charge < -0.3 is 9.84 Å². The Bertz CT molecular complexity index is 653. The number of hydrogen-bond acceptors (Lipinski definition) is 2. The van der Waals surface area contributed by atoms with Gasteiger partial charge in [-0.1, -0.05) is 12.1 Å². The normalized spacial score (nSPS) is 12.3. The Morgan fingerprint density at radius 1 is 1.10 bits per heavy atom. The van der Waals surface area contributed by atoms with Crippen molar-refractivity contribution in [3.8, 4) is 5.75 Å². The average molecular weight is 292 g/mol. The van der Waals surface area contributed by atoms with Gasteiger partial charge in [-0.15, -0.1) is 0 Å². The quantitative estimate of drug-likeness (QED) is 0.927. The number of hydrogen-bond donors (Lipinski definition) is 1. The zero-order valence-corrected chi connectivity index (χ0v) is 12.3. The monoisotopic (exact) mass is 292 g/mol. The van der Waals surface area contributed by atoms with Crippen LogP contribution in [0.2, 0.25) is 0 Å². The van der Waals surface area contributed by atoms with Gasteiger partial charge in [-0.3, -0.25) is 0 Å². The van der Waals surface area contributed by atoms with Crippen LogP contribution < -0.4 is 4.74 Å². The maximum Gasteiger partial charge on any atom is 0.159 e. The summed E-state index contributed by atoms with van der Waals surface area (Å²) in [6.07, 6.45) is -0.650. The highest BCUT2D eigenvalue weighted by molar-refractivity contribution is 5.45. The van der Waals surface area contributed by atoms with Gasteiger partial charge in [-0.25, -0.2) is 8.78 Å². The highest BCUT2D eigenvalue weighted by atomic mass is 19.2. The molecule has 0 amide bonds. The molecule has 0 spiro atoms. The van der Waals surface area contributed by atoms with Gasteiger partial charge in [0.05, 0.1) is 13.2 Å². The maximum atomic E-state index is 13.2. The van der Waals surface area contributed by atoms with Crippen molar-refractivity contribution in [1.29, 1.82) is 0 Å². The molecule has 1 N–H and O–H groups in total. The number of benzene rings is 2. The van der Waals surface area contributed by atoms with E-state index in [9.17, 15) is 13.9 Å². The molecule has 21 heavy (non-hydrogen) atoms. The molecular formula is C17H18F2O2. The minimum absolute atomic E-state index is 0.192. The summed E-state index contributed by atoms with van der Waals surface area (Å²) in [7, 11) is 1.54. The average Bonchev–Trinajstić information content (AvgIpc) is 2.41. The Labute approximate surface area is 123 Å². The van der Waals surface area contributed by atoms with Crippen molar-refractivity contribution in [3.63, 3.8) is 0 Å². The third kappa shape index (κ3) is 3.39. The maximum absolute atomic E-state index is 13.2. The molecule has 112 valence electrons. The Balaban J connectivity index is 2.31. The molecule has 0 aliphatic heterocycles. The molecule has 2 rings (SSSR count). The molecule has 0 aliphatic carbocycles. The number of aliphatic hydroxyl groups is 1. The van der Waals surface area contributed by atoms with Crippen LogP contribution in [0.1, 0.15) is 28.4 Å². The van der Waals surface area contributed by atoms with Crippen molar-refractivity contribution >= 4 is 0 Å². The van der Waals surface area contributed by atoms with Gasteiger partial charge in [-0.05, 0) is 48.7 Å². The predicted molar refractivity (Wildman–Crippen MR) is 77.5 cm³/mol. The van der Waals surface area contributed by atoms with Gasteiger partial charge in [0.25, 0.3) is 0 Å². The van der Waals surface area contributed by atoms with E-state index in [4.69, 9.17) is 4.74 Å². The largest absolute Gasteiger partial charge is 0.496 e. The van der Waals surface area contributed by atoms with Crippen LogP contribution in [0, 0.1) is 25.5 Å². The van der Waals surface area contributed by atoms with E-state index in [0.717, 1.165) is 23.3 Å². The Hall–Kier alpha value is -1.94. The molecule has 0 fully saturated rings. The summed E-state index contributed by atoms with van der Waals surface area (Å²) in [5, 5.41) is 10.4. The molecule has 2 aromatic carbocycles. The van der Waals surface area contributed by atoms with Crippen molar-refractivity contribution in [3.05, 3.63) is 64.2 Å². The van der Waals surface area contributed by atoms with E-state index in [1.165, 1.54) is 6.07 Å². The molecule has 2 aromatic rings. The van der Waals surface area contributed by atoms with Crippen LogP contribution in [0.3, 0.4) is 0 Å². The molecule has 0 aliphatic rings. The summed E-state index contributed by atoms with van der Waals surface area (Å²) in [6.45, 7) is 3.83. The van der Waals surface area contributed by atoms with Crippen LogP contribution >= 0.6 is 0 Å². The van der Waals surface area contributed by atoms with E-state index < -0.39 is 17.7 Å². The molecule has 0 saturated heterocycles. The van der Waals surface area contributed by atoms with E-state index >= 15 is 0 Å². The van der Waals surface area contributed by atoms with Crippen LogP contribution in [0.25, 0.3) is 0 Å². The minimum atomic E-state index is -0.910. The lowest BCUT2D eigenvalue weighted by Crippen LogP contribution is -2.07. The lowest BCUT2D eigenvalue weighted by molar-refractivity contribution is 0.173. The fraction of sp³-hybridized carbons (Fsp3) is 0.294. The first-order chi connectivity index (χ1) is 9.92. The van der Waals surface area contributed by atoms with E-state index in [0.29, 0.717) is 16.9 Å². The van der Waals surface area contributed by atoms with Crippen LogP contribution in [0.5, 0.6) is 5.75 Å². The third-order valence-corrected chi connectivity index (χ3v) is 3.46. The summed E-state index contributed by atoms with van der Waals surface area (Å²) in [6, 6.07) is 7.44. The van der Waals surface area contributed by atoms with E-state index in [2.05, 4.69) is 0 Å². The second-order valence-electron chi connectivity index (χ2n) is 5.17. The number of methoxy groups -OCH3 is 1. The van der Waals surface area contributed by atoms with Crippen molar-refractivity contribution in [2.45, 2.75) is 26.4 Å². The van der Waals surface area contributed by atoms with Crippen molar-refractivity contribution < 1.29 is 18.6 Å². The zero-order chi connectivity index (χ0) is 15.6. The lowest BCUT2D eigenvalue weighted by atomic mass is 9.95. The molecular weight excluding hydrogens is 274 g/mol. The van der Waals surface area contributed by atoms with Gasteiger partial charge >= 0.3 is 0 Å². The van der Waals surface area contributed by atoms with Crippen LogP contribution in [0.15, 0.2) is 30.3 Å². The molecule has 2 nitrogen and oxygen atoms in total. The molecule has 0 heterocycles. The number of aryl methyl sites for hydroxylation is 2. The lowest BCUT2D eigenvalue weighted by Gasteiger charge is -2.18. The molecule has 0 radical (unpaired) electrons. The first kappa shape index (κ1) is 15.4. The molecule has 0 aromatic heterocycles. The van der Waals surface area contributed by atoms with Gasteiger partial charge in [0.2, 0.25) is 0 Å². The fourth-order valence-corrected chi connectivity index (χ4v) is 2.53. The topological polar surface area (TPSA) is 29.5 Å². The van der Waals surface area contributed by atoms with E-state index in [1.54, 1.807) is 7.11 Å². The molecule has 1 unspecified atom stereocenters.